The van der Waals surface area contributed by atoms with Crippen molar-refractivity contribution in [2.75, 3.05) is 18.4 Å². The molecule has 1 aromatic rings. The van der Waals surface area contributed by atoms with Gasteiger partial charge in [0.2, 0.25) is 0 Å². The minimum Gasteiger partial charge on any atom is -0.365 e. The highest BCUT2D eigenvalue weighted by molar-refractivity contribution is 5.36. The predicted octanol–water partition coefficient (Wildman–Crippen LogP) is 0.0310. The second kappa shape index (κ2) is 3.34. The van der Waals surface area contributed by atoms with Gasteiger partial charge in [0.15, 0.2) is 0 Å². The fourth-order valence-electron chi connectivity index (χ4n) is 1.70. The molecule has 3 N–H and O–H groups in total. The zero-order chi connectivity index (χ0) is 10.3. The summed E-state index contributed by atoms with van der Waals surface area (Å²) < 4.78 is 0. The average molecular weight is 206 g/mol. The largest absolute Gasteiger partial charge is 0.365 e. The quantitative estimate of drug-likeness (QED) is 0.652. The molecule has 0 amide bonds. The van der Waals surface area contributed by atoms with Crippen LogP contribution in [0.2, 0.25) is 0 Å². The summed E-state index contributed by atoms with van der Waals surface area (Å²) in [5, 5.41) is 6.42. The van der Waals surface area contributed by atoms with Crippen molar-refractivity contribution in [1.82, 2.24) is 15.3 Å². The van der Waals surface area contributed by atoms with E-state index in [1.807, 2.05) is 0 Å². The Morgan fingerprint density at radius 2 is 2.20 bits per heavy atom. The molecule has 2 aliphatic rings. The maximum Gasteiger partial charge on any atom is 0.252 e. The Morgan fingerprint density at radius 1 is 1.40 bits per heavy atom. The van der Waals surface area contributed by atoms with Crippen LogP contribution in [0.5, 0.6) is 0 Å². The molecule has 5 heteroatoms. The molecular formula is C10H14N4O. The molecule has 1 saturated heterocycles. The van der Waals surface area contributed by atoms with Crippen LogP contribution in [0.3, 0.4) is 0 Å². The molecular weight excluding hydrogens is 192 g/mol. The van der Waals surface area contributed by atoms with E-state index in [0.717, 1.165) is 31.8 Å². The fourth-order valence-corrected chi connectivity index (χ4v) is 1.70. The van der Waals surface area contributed by atoms with Crippen LogP contribution in [0, 0.1) is 0 Å². The van der Waals surface area contributed by atoms with Crippen LogP contribution in [0.25, 0.3) is 0 Å². The van der Waals surface area contributed by atoms with Crippen LogP contribution in [0.15, 0.2) is 10.9 Å². The number of hydrogen-bond acceptors (Lipinski definition) is 4. The Labute approximate surface area is 87.3 Å². The molecule has 0 aromatic carbocycles. The van der Waals surface area contributed by atoms with E-state index in [1.54, 1.807) is 0 Å². The summed E-state index contributed by atoms with van der Waals surface area (Å²) in [4.78, 5) is 18.6. The van der Waals surface area contributed by atoms with Crippen molar-refractivity contribution < 1.29 is 0 Å². The Bertz CT molecular complexity index is 420. The van der Waals surface area contributed by atoms with Crippen molar-refractivity contribution in [3.8, 4) is 0 Å². The minimum absolute atomic E-state index is 0.0540. The number of aromatic amines is 1. The van der Waals surface area contributed by atoms with Gasteiger partial charge >= 0.3 is 0 Å². The summed E-state index contributed by atoms with van der Waals surface area (Å²) in [5.41, 5.74) is -0.0540. The van der Waals surface area contributed by atoms with Crippen molar-refractivity contribution in [2.45, 2.75) is 24.8 Å². The number of anilines is 1. The van der Waals surface area contributed by atoms with Gasteiger partial charge in [0.05, 0.1) is 6.04 Å². The number of nitrogens with one attached hydrogen (secondary N) is 3. The van der Waals surface area contributed by atoms with Gasteiger partial charge in [-0.2, -0.15) is 0 Å². The maximum absolute atomic E-state index is 11.4. The van der Waals surface area contributed by atoms with Crippen LogP contribution in [-0.2, 0) is 0 Å². The molecule has 15 heavy (non-hydrogen) atoms. The van der Waals surface area contributed by atoms with Crippen LogP contribution >= 0.6 is 0 Å². The van der Waals surface area contributed by atoms with Gasteiger partial charge in [-0.05, 0) is 12.8 Å². The highest BCUT2D eigenvalue weighted by atomic mass is 16.1. The Balaban J connectivity index is 1.82. The summed E-state index contributed by atoms with van der Waals surface area (Å²) in [6.07, 6.45) is 2.30. The summed E-state index contributed by atoms with van der Waals surface area (Å²) in [6, 6.07) is 1.95. The van der Waals surface area contributed by atoms with E-state index >= 15 is 0 Å². The van der Waals surface area contributed by atoms with Crippen molar-refractivity contribution in [1.29, 1.82) is 0 Å². The zero-order valence-corrected chi connectivity index (χ0v) is 8.42. The molecule has 0 atom stereocenters. The molecule has 0 radical (unpaired) electrons. The zero-order valence-electron chi connectivity index (χ0n) is 8.42. The second-order valence-corrected chi connectivity index (χ2v) is 4.29. The van der Waals surface area contributed by atoms with E-state index in [0.29, 0.717) is 17.8 Å². The van der Waals surface area contributed by atoms with Gasteiger partial charge < -0.3 is 15.6 Å². The first-order valence-corrected chi connectivity index (χ1v) is 5.40. The third-order valence-electron chi connectivity index (χ3n) is 2.86. The number of aromatic nitrogens is 2. The lowest BCUT2D eigenvalue weighted by molar-refractivity contribution is 0.471. The van der Waals surface area contributed by atoms with Gasteiger partial charge in [-0.3, -0.25) is 4.79 Å². The molecule has 1 aliphatic heterocycles. The molecule has 3 rings (SSSR count). The van der Waals surface area contributed by atoms with Crippen LogP contribution in [0.4, 0.5) is 5.82 Å². The molecule has 2 fully saturated rings. The standard InChI is InChI=1S/C10H14N4O/c15-9-3-8(12-7-4-11-5-7)13-10(14-9)6-1-2-6/h3,6-7,11H,1-2,4-5H2,(H2,12,13,14,15). The minimum atomic E-state index is -0.0540. The van der Waals surface area contributed by atoms with E-state index in [-0.39, 0.29) is 5.56 Å². The summed E-state index contributed by atoms with van der Waals surface area (Å²) in [7, 11) is 0. The van der Waals surface area contributed by atoms with E-state index in [4.69, 9.17) is 0 Å². The lowest BCUT2D eigenvalue weighted by Gasteiger charge is -2.28. The highest BCUT2D eigenvalue weighted by Crippen LogP contribution is 2.37. The number of H-pyrrole nitrogens is 1. The molecule has 0 bridgehead atoms. The lowest BCUT2D eigenvalue weighted by atomic mass is 10.2. The monoisotopic (exact) mass is 206 g/mol. The van der Waals surface area contributed by atoms with Gasteiger partial charge in [0.25, 0.3) is 5.56 Å². The molecule has 5 nitrogen and oxygen atoms in total. The Morgan fingerprint density at radius 3 is 2.80 bits per heavy atom. The van der Waals surface area contributed by atoms with Gasteiger partial charge in [0, 0.05) is 25.1 Å². The highest BCUT2D eigenvalue weighted by Gasteiger charge is 2.26. The summed E-state index contributed by atoms with van der Waals surface area (Å²) >= 11 is 0. The van der Waals surface area contributed by atoms with Crippen molar-refractivity contribution in [3.63, 3.8) is 0 Å². The SMILES string of the molecule is O=c1cc(NC2CNC2)nc(C2CC2)[nH]1. The second-order valence-electron chi connectivity index (χ2n) is 4.29. The number of rotatable bonds is 3. The Kier molecular flexibility index (Phi) is 1.98. The smallest absolute Gasteiger partial charge is 0.252 e. The van der Waals surface area contributed by atoms with E-state index < -0.39 is 0 Å². The average Bonchev–Trinajstić information content (AvgIpc) is 2.93. The van der Waals surface area contributed by atoms with Crippen molar-refractivity contribution >= 4 is 5.82 Å². The van der Waals surface area contributed by atoms with Crippen LogP contribution in [0.1, 0.15) is 24.6 Å². The number of nitrogens with zero attached hydrogens (tertiary/aromatic N) is 1. The molecule has 2 heterocycles. The first kappa shape index (κ1) is 8.91. The third kappa shape index (κ3) is 1.87. The molecule has 1 aromatic heterocycles. The molecule has 1 aliphatic carbocycles. The van der Waals surface area contributed by atoms with Crippen molar-refractivity contribution in [3.05, 3.63) is 22.2 Å². The van der Waals surface area contributed by atoms with Crippen LogP contribution < -0.4 is 16.2 Å². The predicted molar refractivity (Wildman–Crippen MR) is 57.1 cm³/mol. The van der Waals surface area contributed by atoms with Crippen LogP contribution in [-0.4, -0.2) is 29.1 Å². The van der Waals surface area contributed by atoms with Gasteiger partial charge in [-0.15, -0.1) is 0 Å². The first-order chi connectivity index (χ1) is 7.31. The van der Waals surface area contributed by atoms with Gasteiger partial charge in [-0.1, -0.05) is 0 Å². The summed E-state index contributed by atoms with van der Waals surface area (Å²) in [6.45, 7) is 1.90. The molecule has 80 valence electrons. The maximum atomic E-state index is 11.4. The normalized spacial score (nSPS) is 21.1. The summed E-state index contributed by atoms with van der Waals surface area (Å²) in [5.74, 6) is 2.04. The van der Waals surface area contributed by atoms with Gasteiger partial charge in [0.1, 0.15) is 11.6 Å². The van der Waals surface area contributed by atoms with Crippen molar-refractivity contribution in [2.24, 2.45) is 0 Å². The van der Waals surface area contributed by atoms with E-state index in [9.17, 15) is 4.79 Å². The van der Waals surface area contributed by atoms with Gasteiger partial charge in [-0.25, -0.2) is 4.98 Å². The molecule has 1 saturated carbocycles. The number of hydrogen-bond donors (Lipinski definition) is 3. The third-order valence-corrected chi connectivity index (χ3v) is 2.86. The fraction of sp³-hybridized carbons (Fsp3) is 0.600. The lowest BCUT2D eigenvalue weighted by Crippen LogP contribution is -2.51. The Hall–Kier alpha value is -1.36. The first-order valence-electron chi connectivity index (χ1n) is 5.40. The topological polar surface area (TPSA) is 69.8 Å². The molecule has 0 spiro atoms. The van der Waals surface area contributed by atoms with E-state index in [2.05, 4.69) is 20.6 Å². The molecule has 0 unspecified atom stereocenters. The van der Waals surface area contributed by atoms with E-state index in [1.165, 1.54) is 6.07 Å².